The van der Waals surface area contributed by atoms with Gasteiger partial charge in [0.25, 0.3) is 0 Å². The molecule has 0 aliphatic carbocycles. The van der Waals surface area contributed by atoms with Crippen LogP contribution in [0, 0.1) is 0 Å². The number of benzene rings is 3. The summed E-state index contributed by atoms with van der Waals surface area (Å²) in [5.41, 5.74) is 3.15. The molecule has 0 unspecified atom stereocenters. The van der Waals surface area contributed by atoms with E-state index in [4.69, 9.17) is 20.4 Å². The van der Waals surface area contributed by atoms with Crippen LogP contribution in [0.25, 0.3) is 22.6 Å². The molecule has 0 N–H and O–H groups in total. The molecule has 146 valence electrons. The predicted molar refractivity (Wildman–Crippen MR) is 121 cm³/mol. The lowest BCUT2D eigenvalue weighted by Gasteiger charge is -2.13. The first-order valence-corrected chi connectivity index (χ1v) is 10.2. The Morgan fingerprint density at radius 2 is 0.967 bits per heavy atom. The number of rotatable bonds is 5. The predicted octanol–water partition coefficient (Wildman–Crippen LogP) is 8.04. The molecule has 0 saturated carbocycles. The zero-order chi connectivity index (χ0) is 20.3. The number of furan rings is 2. The third kappa shape index (κ3) is 3.70. The summed E-state index contributed by atoms with van der Waals surface area (Å²) in [5.74, 6) is 3.14. The Labute approximate surface area is 180 Å². The van der Waals surface area contributed by atoms with Crippen LogP contribution in [0.15, 0.2) is 118 Å². The summed E-state index contributed by atoms with van der Waals surface area (Å²) < 4.78 is 12.6. The van der Waals surface area contributed by atoms with Crippen molar-refractivity contribution in [3.63, 3.8) is 0 Å². The van der Waals surface area contributed by atoms with E-state index in [1.165, 1.54) is 0 Å². The van der Waals surface area contributed by atoms with Crippen LogP contribution < -0.4 is 0 Å². The molecule has 5 rings (SSSR count). The molecule has 0 bridgehead atoms. The molecule has 2 heterocycles. The topological polar surface area (TPSA) is 26.3 Å². The van der Waals surface area contributed by atoms with Gasteiger partial charge in [-0.2, -0.15) is 0 Å². The summed E-state index contributed by atoms with van der Waals surface area (Å²) in [6, 6.07) is 36.1. The second kappa shape index (κ2) is 8.10. The Kier molecular flexibility index (Phi) is 5.00. The SMILES string of the molecule is Clc1ccc(C(c2ccc(-c3ccccc3)o2)c2ccc(-c3ccccc3)o2)cc1. The standard InChI is InChI=1S/C27H19ClO2/c28-22-13-11-21(12-14-22)27(25-17-15-23(29-25)19-7-3-1-4-8-19)26-18-16-24(30-26)20-9-5-2-6-10-20/h1-18,27H. The van der Waals surface area contributed by atoms with E-state index >= 15 is 0 Å². The van der Waals surface area contributed by atoms with Crippen molar-refractivity contribution in [1.82, 2.24) is 0 Å². The summed E-state index contributed by atoms with van der Waals surface area (Å²) in [7, 11) is 0. The normalized spacial score (nSPS) is 11.1. The highest BCUT2D eigenvalue weighted by Gasteiger charge is 2.24. The highest BCUT2D eigenvalue weighted by atomic mass is 35.5. The maximum Gasteiger partial charge on any atom is 0.134 e. The lowest BCUT2D eigenvalue weighted by Crippen LogP contribution is -2.00. The molecular formula is C27H19ClO2. The van der Waals surface area contributed by atoms with E-state index < -0.39 is 0 Å². The summed E-state index contributed by atoms with van der Waals surface area (Å²) in [6.07, 6.45) is 0. The molecule has 0 saturated heterocycles. The van der Waals surface area contributed by atoms with E-state index in [1.807, 2.05) is 109 Å². The van der Waals surface area contributed by atoms with E-state index in [2.05, 4.69) is 0 Å². The van der Waals surface area contributed by atoms with Gasteiger partial charge in [0.1, 0.15) is 29.0 Å². The molecule has 0 atom stereocenters. The molecule has 3 heteroatoms. The Balaban J connectivity index is 1.58. The zero-order valence-electron chi connectivity index (χ0n) is 16.2. The highest BCUT2D eigenvalue weighted by Crippen LogP contribution is 2.38. The maximum absolute atomic E-state index is 6.29. The third-order valence-corrected chi connectivity index (χ3v) is 5.39. The van der Waals surface area contributed by atoms with E-state index in [-0.39, 0.29) is 5.92 Å². The van der Waals surface area contributed by atoms with Crippen LogP contribution >= 0.6 is 11.6 Å². The summed E-state index contributed by atoms with van der Waals surface area (Å²) >= 11 is 6.13. The van der Waals surface area contributed by atoms with Crippen molar-refractivity contribution in [2.24, 2.45) is 0 Å². The van der Waals surface area contributed by atoms with E-state index in [0.29, 0.717) is 5.02 Å². The van der Waals surface area contributed by atoms with E-state index in [1.54, 1.807) is 0 Å². The number of hydrogen-bond donors (Lipinski definition) is 0. The van der Waals surface area contributed by atoms with Gasteiger partial charge in [-0.15, -0.1) is 0 Å². The smallest absolute Gasteiger partial charge is 0.134 e. The van der Waals surface area contributed by atoms with Crippen molar-refractivity contribution in [3.05, 3.63) is 131 Å². The Hall–Kier alpha value is -3.49. The second-order valence-electron chi connectivity index (χ2n) is 7.12. The van der Waals surface area contributed by atoms with Crippen LogP contribution in [0.3, 0.4) is 0 Å². The van der Waals surface area contributed by atoms with Crippen LogP contribution in [-0.4, -0.2) is 0 Å². The fraction of sp³-hybridized carbons (Fsp3) is 0.0370. The van der Waals surface area contributed by atoms with E-state index in [9.17, 15) is 0 Å². The first-order chi connectivity index (χ1) is 14.8. The molecule has 0 aliphatic heterocycles. The minimum absolute atomic E-state index is 0.169. The molecule has 0 amide bonds. The van der Waals surface area contributed by atoms with Crippen LogP contribution in [-0.2, 0) is 0 Å². The first kappa shape index (κ1) is 18.5. The van der Waals surface area contributed by atoms with Gasteiger partial charge in [-0.05, 0) is 42.0 Å². The molecule has 2 aromatic heterocycles. The molecular weight excluding hydrogens is 392 g/mol. The van der Waals surface area contributed by atoms with Gasteiger partial charge in [0.05, 0.1) is 0 Å². The number of halogens is 1. The fourth-order valence-corrected chi connectivity index (χ4v) is 3.78. The monoisotopic (exact) mass is 410 g/mol. The quantitative estimate of drug-likeness (QED) is 0.293. The number of hydrogen-bond acceptors (Lipinski definition) is 2. The summed E-state index contributed by atoms with van der Waals surface area (Å²) in [6.45, 7) is 0. The molecule has 5 aromatic rings. The van der Waals surface area contributed by atoms with Crippen molar-refractivity contribution in [1.29, 1.82) is 0 Å². The van der Waals surface area contributed by atoms with Crippen LogP contribution in [0.4, 0.5) is 0 Å². The minimum atomic E-state index is -0.169. The molecule has 3 aromatic carbocycles. The third-order valence-electron chi connectivity index (χ3n) is 5.14. The lowest BCUT2D eigenvalue weighted by molar-refractivity contribution is 0.461. The average Bonchev–Trinajstić information content (AvgIpc) is 3.47. The van der Waals surface area contributed by atoms with Gasteiger partial charge >= 0.3 is 0 Å². The van der Waals surface area contributed by atoms with E-state index in [0.717, 1.165) is 39.7 Å². The molecule has 0 fully saturated rings. The molecule has 2 nitrogen and oxygen atoms in total. The minimum Gasteiger partial charge on any atom is -0.460 e. The second-order valence-corrected chi connectivity index (χ2v) is 7.56. The van der Waals surface area contributed by atoms with Gasteiger partial charge in [0, 0.05) is 16.1 Å². The van der Waals surface area contributed by atoms with Crippen LogP contribution in [0.1, 0.15) is 23.0 Å². The summed E-state index contributed by atoms with van der Waals surface area (Å²) in [5, 5.41) is 0.700. The fourth-order valence-electron chi connectivity index (χ4n) is 3.66. The van der Waals surface area contributed by atoms with Gasteiger partial charge < -0.3 is 8.83 Å². The van der Waals surface area contributed by atoms with Crippen molar-refractivity contribution in [2.75, 3.05) is 0 Å². The first-order valence-electron chi connectivity index (χ1n) is 9.84. The van der Waals surface area contributed by atoms with Crippen molar-refractivity contribution in [3.8, 4) is 22.6 Å². The van der Waals surface area contributed by atoms with Crippen molar-refractivity contribution >= 4 is 11.6 Å². The molecule has 0 spiro atoms. The Bertz CT molecular complexity index is 1160. The van der Waals surface area contributed by atoms with Crippen LogP contribution in [0.2, 0.25) is 5.02 Å². The van der Waals surface area contributed by atoms with Gasteiger partial charge in [-0.25, -0.2) is 0 Å². The van der Waals surface area contributed by atoms with Gasteiger partial charge in [-0.1, -0.05) is 84.4 Å². The molecule has 0 aliphatic rings. The molecule has 0 radical (unpaired) electrons. The van der Waals surface area contributed by atoms with Gasteiger partial charge in [0.15, 0.2) is 0 Å². The zero-order valence-corrected chi connectivity index (χ0v) is 16.9. The van der Waals surface area contributed by atoms with Gasteiger partial charge in [0.2, 0.25) is 0 Å². The Morgan fingerprint density at radius 1 is 0.500 bits per heavy atom. The summed E-state index contributed by atoms with van der Waals surface area (Å²) in [4.78, 5) is 0. The average molecular weight is 411 g/mol. The maximum atomic E-state index is 6.29. The van der Waals surface area contributed by atoms with Crippen molar-refractivity contribution in [2.45, 2.75) is 5.92 Å². The largest absolute Gasteiger partial charge is 0.460 e. The molecule has 30 heavy (non-hydrogen) atoms. The van der Waals surface area contributed by atoms with Crippen molar-refractivity contribution < 1.29 is 8.83 Å². The van der Waals surface area contributed by atoms with Crippen LogP contribution in [0.5, 0.6) is 0 Å². The lowest BCUT2D eigenvalue weighted by atomic mass is 9.94. The highest BCUT2D eigenvalue weighted by molar-refractivity contribution is 6.30. The Morgan fingerprint density at radius 3 is 1.43 bits per heavy atom. The van der Waals surface area contributed by atoms with Gasteiger partial charge in [-0.3, -0.25) is 0 Å².